The lowest BCUT2D eigenvalue weighted by Crippen LogP contribution is -2.53. The molecule has 0 saturated carbocycles. The average molecular weight is 817 g/mol. The summed E-state index contributed by atoms with van der Waals surface area (Å²) in [5, 5.41) is 5.81. The first-order valence-corrected chi connectivity index (χ1v) is 20.5. The summed E-state index contributed by atoms with van der Waals surface area (Å²) in [6, 6.07) is 14.3. The van der Waals surface area contributed by atoms with Gasteiger partial charge in [-0.1, -0.05) is 30.3 Å². The molecule has 0 spiro atoms. The van der Waals surface area contributed by atoms with E-state index in [9.17, 15) is 27.6 Å². The van der Waals surface area contributed by atoms with Crippen LogP contribution in [0.4, 0.5) is 19.1 Å². The van der Waals surface area contributed by atoms with Gasteiger partial charge >= 0.3 is 11.9 Å². The van der Waals surface area contributed by atoms with Crippen molar-refractivity contribution in [3.63, 3.8) is 0 Å². The van der Waals surface area contributed by atoms with Crippen molar-refractivity contribution in [1.29, 1.82) is 0 Å². The molecule has 0 radical (unpaired) electrons. The van der Waals surface area contributed by atoms with Crippen LogP contribution in [-0.4, -0.2) is 128 Å². The number of nitrogens with zero attached hydrogens (tertiary/aromatic N) is 7. The summed E-state index contributed by atoms with van der Waals surface area (Å²) in [5.41, 5.74) is 6.03. The van der Waals surface area contributed by atoms with Crippen LogP contribution in [0.2, 0.25) is 0 Å². The van der Waals surface area contributed by atoms with Gasteiger partial charge in [-0.2, -0.15) is 18.2 Å². The van der Waals surface area contributed by atoms with Crippen LogP contribution in [0.3, 0.4) is 0 Å². The molecular formula is C42H51F3N10O4. The van der Waals surface area contributed by atoms with Gasteiger partial charge in [0.2, 0.25) is 17.8 Å². The Balaban J connectivity index is 0.727. The zero-order chi connectivity index (χ0) is 41.1. The van der Waals surface area contributed by atoms with E-state index in [0.717, 1.165) is 99.2 Å². The first-order chi connectivity index (χ1) is 28.5. The lowest BCUT2D eigenvalue weighted by atomic mass is 10.0. The molecule has 14 nitrogen and oxygen atoms in total. The van der Waals surface area contributed by atoms with Crippen molar-refractivity contribution in [2.24, 2.45) is 7.05 Å². The maximum Gasteiger partial charge on any atom is 0.390 e. The number of imidazole rings is 1. The number of H-pyrrole nitrogens is 1. The number of nitrogens with one attached hydrogen (secondary N) is 3. The van der Waals surface area contributed by atoms with Gasteiger partial charge in [-0.3, -0.25) is 33.8 Å². The van der Waals surface area contributed by atoms with E-state index in [1.807, 2.05) is 24.4 Å². The van der Waals surface area contributed by atoms with Crippen LogP contribution in [0.5, 0.6) is 0 Å². The van der Waals surface area contributed by atoms with Crippen LogP contribution in [0.15, 0.2) is 59.7 Å². The zero-order valence-electron chi connectivity index (χ0n) is 33.3. The topological polar surface area (TPSA) is 146 Å². The lowest BCUT2D eigenvalue weighted by molar-refractivity contribution is -0.136. The summed E-state index contributed by atoms with van der Waals surface area (Å²) < 4.78 is 46.6. The van der Waals surface area contributed by atoms with Gasteiger partial charge < -0.3 is 19.9 Å². The van der Waals surface area contributed by atoms with Crippen molar-refractivity contribution in [1.82, 2.24) is 44.1 Å². The third-order valence-corrected chi connectivity index (χ3v) is 12.0. The Morgan fingerprint density at radius 3 is 2.41 bits per heavy atom. The number of aromatic amines is 1. The number of carbonyl (C=O) groups is 2. The molecule has 3 aromatic heterocycles. The van der Waals surface area contributed by atoms with E-state index < -0.39 is 24.5 Å². The Morgan fingerprint density at radius 1 is 0.898 bits per heavy atom. The highest BCUT2D eigenvalue weighted by molar-refractivity contribution is 6.00. The second kappa shape index (κ2) is 17.6. The van der Waals surface area contributed by atoms with Gasteiger partial charge in [-0.05, 0) is 67.6 Å². The second-order valence-electron chi connectivity index (χ2n) is 15.9. The molecule has 3 aliphatic heterocycles. The highest BCUT2D eigenvalue weighted by Gasteiger charge is 2.32. The van der Waals surface area contributed by atoms with Gasteiger partial charge in [0.15, 0.2) is 0 Å². The molecule has 59 heavy (non-hydrogen) atoms. The number of piperazine rings is 1. The van der Waals surface area contributed by atoms with E-state index in [4.69, 9.17) is 4.74 Å². The summed E-state index contributed by atoms with van der Waals surface area (Å²) >= 11 is 0. The number of halogens is 3. The van der Waals surface area contributed by atoms with Crippen LogP contribution in [0.25, 0.3) is 33.2 Å². The standard InChI is InChI=1S/C42H51F3N10O4/c1-51-36-24-28(4-7-34(36)55(41(51)58)35-8-9-37(56)49-39(35)57)12-22-59-23-21-52-15-10-31(11-16-52)54-19-17-53(18-20-54)27-29-2-5-30(6-3-29)32-25-47-38-33(32)26-48-40(50-38)46-14-13-42(43,44)45/h2-7,24-26,31,35H,8-23,27H2,1H3,(H,49,56,57)(H2,46,47,48,50)/t35-/m0/s1. The van der Waals surface area contributed by atoms with Crippen molar-refractivity contribution in [3.05, 3.63) is 76.5 Å². The number of hydrogen-bond acceptors (Lipinski definition) is 10. The van der Waals surface area contributed by atoms with Crippen molar-refractivity contribution < 1.29 is 27.5 Å². The van der Waals surface area contributed by atoms with Crippen molar-refractivity contribution in [3.8, 4) is 11.1 Å². The summed E-state index contributed by atoms with van der Waals surface area (Å²) in [6.45, 7) is 9.10. The van der Waals surface area contributed by atoms with E-state index in [1.54, 1.807) is 17.8 Å². The first-order valence-electron chi connectivity index (χ1n) is 20.5. The smallest absolute Gasteiger partial charge is 0.380 e. The Morgan fingerprint density at radius 2 is 1.66 bits per heavy atom. The van der Waals surface area contributed by atoms with Gasteiger partial charge in [0.05, 0.1) is 30.7 Å². The number of rotatable bonds is 14. The minimum Gasteiger partial charge on any atom is -0.380 e. The quantitative estimate of drug-likeness (QED) is 0.109. The molecule has 1 atom stereocenters. The molecule has 3 saturated heterocycles. The number of amides is 2. The first kappa shape index (κ1) is 40.7. The van der Waals surface area contributed by atoms with Gasteiger partial charge in [0.25, 0.3) is 0 Å². The van der Waals surface area contributed by atoms with Crippen LogP contribution >= 0.6 is 0 Å². The number of imide groups is 1. The number of fused-ring (bicyclic) bond motifs is 2. The Kier molecular flexibility index (Phi) is 12.2. The second-order valence-corrected chi connectivity index (χ2v) is 15.9. The molecule has 2 amide bonds. The molecule has 8 rings (SSSR count). The molecule has 0 unspecified atom stereocenters. The minimum absolute atomic E-state index is 0.165. The maximum atomic E-state index is 13.1. The fourth-order valence-electron chi connectivity index (χ4n) is 8.67. The average Bonchev–Trinajstić information content (AvgIpc) is 3.75. The highest BCUT2D eigenvalue weighted by atomic mass is 19.4. The Labute approximate surface area is 339 Å². The maximum absolute atomic E-state index is 13.1. The van der Waals surface area contributed by atoms with Crippen molar-refractivity contribution >= 4 is 39.8 Å². The number of piperidine rings is 2. The largest absolute Gasteiger partial charge is 0.390 e. The lowest BCUT2D eigenvalue weighted by Gasteiger charge is -2.42. The number of anilines is 1. The van der Waals surface area contributed by atoms with Gasteiger partial charge in [0, 0.05) is 88.7 Å². The number of benzene rings is 2. The Bertz CT molecular complexity index is 2320. The van der Waals surface area contributed by atoms with Crippen LogP contribution in [-0.2, 0) is 34.3 Å². The van der Waals surface area contributed by atoms with E-state index >= 15 is 0 Å². The fraction of sp³-hybridized carbons (Fsp3) is 0.500. The number of likely N-dealkylation sites (tertiary alicyclic amines) is 1. The summed E-state index contributed by atoms with van der Waals surface area (Å²) in [5.74, 6) is -0.572. The molecule has 3 fully saturated rings. The third kappa shape index (κ3) is 9.53. The summed E-state index contributed by atoms with van der Waals surface area (Å²) in [4.78, 5) is 56.6. The summed E-state index contributed by atoms with van der Waals surface area (Å²) in [7, 11) is 1.71. The number of alkyl halides is 3. The predicted molar refractivity (Wildman–Crippen MR) is 218 cm³/mol. The molecule has 3 N–H and O–H groups in total. The van der Waals surface area contributed by atoms with Crippen molar-refractivity contribution in [2.45, 2.75) is 63.3 Å². The number of aromatic nitrogens is 5. The number of ether oxygens (including phenoxy) is 1. The number of carbonyl (C=O) groups excluding carboxylic acids is 2. The molecule has 3 aliphatic rings. The SMILES string of the molecule is Cn1c(=O)n([C@H]2CCC(=O)NC2=O)c2ccc(CCOCCN3CCC(N4CCN(Cc5ccc(-c6c[nH]c7nc(NCCC(F)(F)F)ncc67)cc5)CC4)CC3)cc21. The monoisotopic (exact) mass is 816 g/mol. The molecule has 314 valence electrons. The van der Waals surface area contributed by atoms with Crippen LogP contribution in [0, 0.1) is 0 Å². The van der Waals surface area contributed by atoms with E-state index in [1.165, 1.54) is 10.1 Å². The van der Waals surface area contributed by atoms with Crippen molar-refractivity contribution in [2.75, 3.05) is 70.9 Å². The highest BCUT2D eigenvalue weighted by Crippen LogP contribution is 2.29. The van der Waals surface area contributed by atoms with E-state index in [-0.39, 0.29) is 30.5 Å². The van der Waals surface area contributed by atoms with Gasteiger partial charge in [-0.15, -0.1) is 0 Å². The Hall–Kier alpha value is -5.10. The minimum atomic E-state index is -4.23. The van der Waals surface area contributed by atoms with Gasteiger partial charge in [-0.25, -0.2) is 9.78 Å². The molecule has 0 bridgehead atoms. The molecule has 6 heterocycles. The van der Waals surface area contributed by atoms with Crippen LogP contribution < -0.4 is 16.3 Å². The zero-order valence-corrected chi connectivity index (χ0v) is 33.3. The predicted octanol–water partition coefficient (Wildman–Crippen LogP) is 4.46. The van der Waals surface area contributed by atoms with Gasteiger partial charge in [0.1, 0.15) is 11.7 Å². The molecule has 17 heteroatoms. The van der Waals surface area contributed by atoms with E-state index in [0.29, 0.717) is 36.8 Å². The fourth-order valence-corrected chi connectivity index (χ4v) is 8.67. The molecule has 5 aromatic rings. The number of hydrogen-bond donors (Lipinski definition) is 3. The molecular weight excluding hydrogens is 766 g/mol. The third-order valence-electron chi connectivity index (χ3n) is 12.0. The normalized spacial score (nSPS) is 19.2. The van der Waals surface area contributed by atoms with E-state index in [2.05, 4.69) is 64.6 Å². The summed E-state index contributed by atoms with van der Waals surface area (Å²) in [6.07, 6.45) is 1.89. The molecule has 2 aromatic carbocycles. The number of aryl methyl sites for hydroxylation is 1. The molecule has 0 aliphatic carbocycles. The van der Waals surface area contributed by atoms with Crippen LogP contribution in [0.1, 0.15) is 49.3 Å².